The molecule has 38 heavy (non-hydrogen) atoms. The number of hydrogen-bond acceptors (Lipinski definition) is 4. The van der Waals surface area contributed by atoms with Crippen molar-refractivity contribution < 1.29 is 35.6 Å². The minimum absolute atomic E-state index is 0.0920. The van der Waals surface area contributed by atoms with Crippen LogP contribution in [-0.2, 0) is 12.7 Å². The summed E-state index contributed by atoms with van der Waals surface area (Å²) >= 11 is 0. The number of alkyl halides is 6. The Labute approximate surface area is 214 Å². The zero-order chi connectivity index (χ0) is 27.7. The number of carbonyl (C=O) groups excluding carboxylic acids is 1. The lowest BCUT2D eigenvalue weighted by Crippen LogP contribution is -2.49. The molecule has 0 aliphatic carbocycles. The van der Waals surface area contributed by atoms with Crippen LogP contribution in [0.2, 0.25) is 0 Å². The molecule has 3 N–H and O–H groups in total. The van der Waals surface area contributed by atoms with Gasteiger partial charge in [-0.2, -0.15) is 26.3 Å². The highest BCUT2D eigenvalue weighted by atomic mass is 19.4. The van der Waals surface area contributed by atoms with Crippen LogP contribution < -0.4 is 16.3 Å². The van der Waals surface area contributed by atoms with Gasteiger partial charge in [-0.1, -0.05) is 18.2 Å². The van der Waals surface area contributed by atoms with Crippen molar-refractivity contribution in [2.75, 3.05) is 6.54 Å². The van der Waals surface area contributed by atoms with Crippen LogP contribution in [0.5, 0.6) is 0 Å². The number of carbonyl (C=O) groups is 1. The van der Waals surface area contributed by atoms with E-state index in [1.807, 2.05) is 0 Å². The minimum Gasteiger partial charge on any atom is -0.432 e. The number of nitrogens with zero attached hydrogens (tertiary/aromatic N) is 1. The van der Waals surface area contributed by atoms with E-state index in [0.717, 1.165) is 12.1 Å². The van der Waals surface area contributed by atoms with Gasteiger partial charge in [-0.15, -0.1) is 0 Å². The van der Waals surface area contributed by atoms with Crippen LogP contribution in [-0.4, -0.2) is 29.2 Å². The van der Waals surface area contributed by atoms with Crippen molar-refractivity contribution in [2.24, 2.45) is 0 Å². The van der Waals surface area contributed by atoms with E-state index in [9.17, 15) is 31.1 Å². The van der Waals surface area contributed by atoms with Crippen molar-refractivity contribution in [3.05, 3.63) is 88.4 Å². The molecule has 6 nitrogen and oxygen atoms in total. The maximum absolute atomic E-state index is 13.8. The Morgan fingerprint density at radius 2 is 1.87 bits per heavy atom. The van der Waals surface area contributed by atoms with Gasteiger partial charge in [0.25, 0.3) is 11.6 Å². The Morgan fingerprint density at radius 3 is 2.47 bits per heavy atom. The van der Waals surface area contributed by atoms with Crippen molar-refractivity contribution in [3.63, 3.8) is 0 Å². The number of oxazole rings is 1. The van der Waals surface area contributed by atoms with Crippen molar-refractivity contribution in [1.82, 2.24) is 15.2 Å². The standard InChI is InChI=1S/C26H26F6N4O2/c1-15(17-4-6-20(7-5-17)25(27,28)29)35-23(37)19-12-16(14-36-9-10-38-24(36)33)11-18(13-19)21-3-2-8-34-22(21)26(30,31)32/h4-7,9-13,15,21-22,33-34H,2-3,8,14H2,1H3,(H,35,37)/t15-,21?,22?/m0/s1. The third-order valence-electron chi connectivity index (χ3n) is 6.64. The smallest absolute Gasteiger partial charge is 0.416 e. The van der Waals surface area contributed by atoms with E-state index in [-0.39, 0.29) is 30.8 Å². The number of hydrogen-bond donors (Lipinski definition) is 3. The van der Waals surface area contributed by atoms with Gasteiger partial charge in [0.2, 0.25) is 0 Å². The predicted molar refractivity (Wildman–Crippen MR) is 125 cm³/mol. The maximum Gasteiger partial charge on any atom is 0.416 e. The van der Waals surface area contributed by atoms with Crippen LogP contribution in [0, 0.1) is 5.41 Å². The quantitative estimate of drug-likeness (QED) is 0.361. The van der Waals surface area contributed by atoms with Crippen molar-refractivity contribution >= 4 is 5.91 Å². The summed E-state index contributed by atoms with van der Waals surface area (Å²) in [6, 6.07) is 6.49. The highest BCUT2D eigenvalue weighted by molar-refractivity contribution is 5.95. The topological polar surface area (TPSA) is 83.1 Å². The SMILES string of the molecule is C[C@H](NC(=O)c1cc(Cn2ccoc2=N)cc(C2CCCNC2C(F)(F)F)c1)c1ccc(C(F)(F)F)cc1. The van der Waals surface area contributed by atoms with E-state index >= 15 is 0 Å². The number of nitrogens with one attached hydrogen (secondary N) is 3. The zero-order valence-electron chi connectivity index (χ0n) is 20.3. The fourth-order valence-corrected chi connectivity index (χ4v) is 4.70. The first-order valence-corrected chi connectivity index (χ1v) is 11.9. The molecular formula is C26H26F6N4O2. The average molecular weight is 541 g/mol. The summed E-state index contributed by atoms with van der Waals surface area (Å²) in [5.41, 5.74) is 0.400. The predicted octanol–water partition coefficient (Wildman–Crippen LogP) is 5.52. The van der Waals surface area contributed by atoms with Gasteiger partial charge in [-0.25, -0.2) is 0 Å². The molecule has 1 saturated heterocycles. The zero-order valence-corrected chi connectivity index (χ0v) is 20.3. The van der Waals surface area contributed by atoms with E-state index in [0.29, 0.717) is 23.1 Å². The van der Waals surface area contributed by atoms with Crippen LogP contribution in [0.4, 0.5) is 26.3 Å². The Morgan fingerprint density at radius 1 is 1.16 bits per heavy atom. The van der Waals surface area contributed by atoms with Crippen LogP contribution in [0.1, 0.15) is 64.3 Å². The number of halogens is 6. The Bertz CT molecular complexity index is 1330. The van der Waals surface area contributed by atoms with Crippen LogP contribution in [0.25, 0.3) is 0 Å². The third kappa shape index (κ3) is 6.29. The number of amides is 1. The first-order valence-electron chi connectivity index (χ1n) is 11.9. The van der Waals surface area contributed by atoms with Crippen molar-refractivity contribution in [3.8, 4) is 0 Å². The molecule has 204 valence electrons. The Kier molecular flexibility index (Phi) is 7.73. The maximum atomic E-state index is 13.8. The first kappa shape index (κ1) is 27.5. The largest absolute Gasteiger partial charge is 0.432 e. The molecule has 2 unspecified atom stereocenters. The summed E-state index contributed by atoms with van der Waals surface area (Å²) in [6.45, 7) is 1.92. The second kappa shape index (κ2) is 10.7. The fourth-order valence-electron chi connectivity index (χ4n) is 4.70. The van der Waals surface area contributed by atoms with Crippen LogP contribution in [0.15, 0.2) is 59.3 Å². The van der Waals surface area contributed by atoms with Gasteiger partial charge in [0.15, 0.2) is 0 Å². The molecule has 4 rings (SSSR count). The van der Waals surface area contributed by atoms with Gasteiger partial charge in [-0.3, -0.25) is 14.8 Å². The van der Waals surface area contributed by atoms with Gasteiger partial charge in [0.1, 0.15) is 12.3 Å². The van der Waals surface area contributed by atoms with E-state index in [1.165, 1.54) is 41.3 Å². The van der Waals surface area contributed by atoms with E-state index < -0.39 is 41.8 Å². The summed E-state index contributed by atoms with van der Waals surface area (Å²) in [5.74, 6) is -1.51. The monoisotopic (exact) mass is 540 g/mol. The molecule has 2 aromatic carbocycles. The summed E-state index contributed by atoms with van der Waals surface area (Å²) in [6.07, 6.45) is -5.38. The lowest BCUT2D eigenvalue weighted by Gasteiger charge is -2.34. The van der Waals surface area contributed by atoms with Gasteiger partial charge in [0.05, 0.1) is 18.2 Å². The lowest BCUT2D eigenvalue weighted by molar-refractivity contribution is -0.164. The molecule has 1 aromatic heterocycles. The normalized spacial score (nSPS) is 19.2. The first-order chi connectivity index (χ1) is 17.8. The third-order valence-corrected chi connectivity index (χ3v) is 6.64. The summed E-state index contributed by atoms with van der Waals surface area (Å²) in [4.78, 5) is 13.2. The van der Waals surface area contributed by atoms with E-state index in [4.69, 9.17) is 9.83 Å². The molecule has 0 bridgehead atoms. The second-order valence-electron chi connectivity index (χ2n) is 9.34. The average Bonchev–Trinajstić information content (AvgIpc) is 3.26. The minimum atomic E-state index is -4.49. The molecule has 12 heteroatoms. The van der Waals surface area contributed by atoms with Crippen molar-refractivity contribution in [2.45, 2.75) is 56.7 Å². The Balaban J connectivity index is 1.64. The summed E-state index contributed by atoms with van der Waals surface area (Å²) in [7, 11) is 0. The molecular weight excluding hydrogens is 514 g/mol. The van der Waals surface area contributed by atoms with Crippen LogP contribution in [0.3, 0.4) is 0 Å². The van der Waals surface area contributed by atoms with Gasteiger partial charge >= 0.3 is 12.4 Å². The fraction of sp³-hybridized carbons (Fsp3) is 0.385. The molecule has 2 heterocycles. The number of rotatable bonds is 6. The molecule has 1 amide bonds. The molecule has 0 saturated carbocycles. The van der Waals surface area contributed by atoms with Gasteiger partial charge < -0.3 is 15.1 Å². The van der Waals surface area contributed by atoms with Crippen LogP contribution >= 0.6 is 0 Å². The highest BCUT2D eigenvalue weighted by Gasteiger charge is 2.46. The Hall–Kier alpha value is -3.54. The molecule has 1 aliphatic heterocycles. The highest BCUT2D eigenvalue weighted by Crippen LogP contribution is 2.38. The van der Waals surface area contributed by atoms with E-state index in [1.54, 1.807) is 13.0 Å². The van der Waals surface area contributed by atoms with Gasteiger partial charge in [-0.05, 0) is 67.3 Å². The second-order valence-corrected chi connectivity index (χ2v) is 9.34. The summed E-state index contributed by atoms with van der Waals surface area (Å²) < 4.78 is 86.5. The summed E-state index contributed by atoms with van der Waals surface area (Å²) in [5, 5.41) is 13.1. The number of benzene rings is 2. The molecule has 0 spiro atoms. The van der Waals surface area contributed by atoms with Gasteiger partial charge in [0, 0.05) is 17.7 Å². The molecule has 1 aliphatic rings. The molecule has 1 fully saturated rings. The van der Waals surface area contributed by atoms with E-state index in [2.05, 4.69) is 10.6 Å². The lowest BCUT2D eigenvalue weighted by atomic mass is 9.83. The van der Waals surface area contributed by atoms with Crippen molar-refractivity contribution in [1.29, 1.82) is 5.41 Å². The number of piperidine rings is 1. The molecule has 3 aromatic rings. The molecule has 0 radical (unpaired) electrons. The molecule has 3 atom stereocenters. The number of aromatic nitrogens is 1.